The van der Waals surface area contributed by atoms with Gasteiger partial charge in [0.1, 0.15) is 5.75 Å². The molecular formula is C23H25N3O3. The van der Waals surface area contributed by atoms with E-state index < -0.39 is 0 Å². The zero-order valence-corrected chi connectivity index (χ0v) is 16.8. The van der Waals surface area contributed by atoms with Crippen molar-refractivity contribution in [1.82, 2.24) is 15.0 Å². The number of aryl methyl sites for hydroxylation is 1. The normalized spacial score (nSPS) is 14.8. The third-order valence-corrected chi connectivity index (χ3v) is 5.51. The van der Waals surface area contributed by atoms with E-state index in [1.54, 1.807) is 7.11 Å². The molecule has 0 unspecified atom stereocenters. The van der Waals surface area contributed by atoms with Crippen LogP contribution in [0.3, 0.4) is 0 Å². The standard InChI is InChI=1S/C23H25N3O3/c1-3-16-7-9-18(10-8-16)23(27)26-13-11-17(12-14-26)22-24-21(25-29-22)19-5-4-6-20(15-19)28-2/h4-10,15,17H,3,11-14H2,1-2H3. The van der Waals surface area contributed by atoms with Crippen molar-refractivity contribution in [2.75, 3.05) is 20.2 Å². The van der Waals surface area contributed by atoms with E-state index in [4.69, 9.17) is 9.26 Å². The van der Waals surface area contributed by atoms with Crippen LogP contribution in [-0.4, -0.2) is 41.1 Å². The Labute approximate surface area is 170 Å². The molecule has 6 heteroatoms. The molecule has 1 saturated heterocycles. The van der Waals surface area contributed by atoms with Gasteiger partial charge in [0.05, 0.1) is 7.11 Å². The van der Waals surface area contributed by atoms with Gasteiger partial charge in [-0.3, -0.25) is 4.79 Å². The van der Waals surface area contributed by atoms with Gasteiger partial charge in [0.25, 0.3) is 5.91 Å². The van der Waals surface area contributed by atoms with Crippen LogP contribution >= 0.6 is 0 Å². The summed E-state index contributed by atoms with van der Waals surface area (Å²) in [4.78, 5) is 19.3. The van der Waals surface area contributed by atoms with Crippen molar-refractivity contribution in [1.29, 1.82) is 0 Å². The second kappa shape index (κ2) is 8.47. The summed E-state index contributed by atoms with van der Waals surface area (Å²) in [6.07, 6.45) is 2.61. The van der Waals surface area contributed by atoms with Crippen LogP contribution < -0.4 is 4.74 Å². The van der Waals surface area contributed by atoms with Crippen molar-refractivity contribution in [2.45, 2.75) is 32.1 Å². The number of piperidine rings is 1. The second-order valence-corrected chi connectivity index (χ2v) is 7.31. The number of hydrogen-bond acceptors (Lipinski definition) is 5. The lowest BCUT2D eigenvalue weighted by atomic mass is 9.96. The first kappa shape index (κ1) is 19.2. The van der Waals surface area contributed by atoms with Gasteiger partial charge in [-0.05, 0) is 49.1 Å². The number of carbonyl (C=O) groups excluding carboxylic acids is 1. The van der Waals surface area contributed by atoms with Gasteiger partial charge in [-0.1, -0.05) is 36.3 Å². The monoisotopic (exact) mass is 391 g/mol. The topological polar surface area (TPSA) is 68.5 Å². The summed E-state index contributed by atoms with van der Waals surface area (Å²) in [6, 6.07) is 15.5. The van der Waals surface area contributed by atoms with Crippen LogP contribution in [0.4, 0.5) is 0 Å². The highest BCUT2D eigenvalue weighted by Crippen LogP contribution is 2.30. The van der Waals surface area contributed by atoms with Crippen molar-refractivity contribution in [3.8, 4) is 17.1 Å². The van der Waals surface area contributed by atoms with Crippen LogP contribution in [0.1, 0.15) is 47.5 Å². The molecule has 4 rings (SSSR count). The van der Waals surface area contributed by atoms with Crippen molar-refractivity contribution in [3.63, 3.8) is 0 Å². The lowest BCUT2D eigenvalue weighted by molar-refractivity contribution is 0.0704. The number of benzene rings is 2. The Morgan fingerprint density at radius 2 is 1.93 bits per heavy atom. The van der Waals surface area contributed by atoms with Crippen molar-refractivity contribution in [3.05, 3.63) is 65.5 Å². The Bertz CT molecular complexity index is 973. The largest absolute Gasteiger partial charge is 0.497 e. The van der Waals surface area contributed by atoms with Crippen LogP contribution in [-0.2, 0) is 6.42 Å². The number of aromatic nitrogens is 2. The van der Waals surface area contributed by atoms with E-state index in [1.807, 2.05) is 53.4 Å². The average Bonchev–Trinajstić information content (AvgIpc) is 3.29. The van der Waals surface area contributed by atoms with Crippen molar-refractivity contribution < 1.29 is 14.1 Å². The molecule has 0 saturated carbocycles. The summed E-state index contributed by atoms with van der Waals surface area (Å²) in [5, 5.41) is 4.13. The molecule has 1 fully saturated rings. The number of carbonyl (C=O) groups is 1. The molecule has 0 spiro atoms. The number of ether oxygens (including phenoxy) is 1. The quantitative estimate of drug-likeness (QED) is 0.648. The minimum absolute atomic E-state index is 0.0914. The van der Waals surface area contributed by atoms with E-state index in [0.29, 0.717) is 24.8 Å². The molecular weight excluding hydrogens is 366 g/mol. The van der Waals surface area contributed by atoms with E-state index in [9.17, 15) is 4.79 Å². The summed E-state index contributed by atoms with van der Waals surface area (Å²) in [7, 11) is 1.63. The minimum atomic E-state index is 0.0914. The first-order chi connectivity index (χ1) is 14.2. The highest BCUT2D eigenvalue weighted by atomic mass is 16.5. The van der Waals surface area contributed by atoms with E-state index in [2.05, 4.69) is 17.1 Å². The van der Waals surface area contributed by atoms with E-state index >= 15 is 0 Å². The Morgan fingerprint density at radius 1 is 1.17 bits per heavy atom. The van der Waals surface area contributed by atoms with Crippen LogP contribution in [0, 0.1) is 0 Å². The summed E-state index contributed by atoms with van der Waals surface area (Å²) in [5.74, 6) is 2.23. The number of nitrogens with zero attached hydrogens (tertiary/aromatic N) is 3. The van der Waals surface area contributed by atoms with E-state index in [-0.39, 0.29) is 11.8 Å². The molecule has 29 heavy (non-hydrogen) atoms. The Morgan fingerprint density at radius 3 is 2.62 bits per heavy atom. The maximum Gasteiger partial charge on any atom is 0.253 e. The number of likely N-dealkylation sites (tertiary alicyclic amines) is 1. The molecule has 2 heterocycles. The highest BCUT2D eigenvalue weighted by Gasteiger charge is 2.28. The maximum atomic E-state index is 12.8. The van der Waals surface area contributed by atoms with E-state index in [1.165, 1.54) is 5.56 Å². The van der Waals surface area contributed by atoms with Gasteiger partial charge in [0, 0.05) is 30.1 Å². The molecule has 0 N–H and O–H groups in total. The number of rotatable bonds is 5. The van der Waals surface area contributed by atoms with E-state index in [0.717, 1.165) is 36.1 Å². The summed E-state index contributed by atoms with van der Waals surface area (Å²) < 4.78 is 10.8. The van der Waals surface area contributed by atoms with Crippen LogP contribution in [0.5, 0.6) is 5.75 Å². The van der Waals surface area contributed by atoms with Gasteiger partial charge in [0.2, 0.25) is 11.7 Å². The number of hydrogen-bond donors (Lipinski definition) is 0. The van der Waals surface area contributed by atoms with Gasteiger partial charge < -0.3 is 14.2 Å². The van der Waals surface area contributed by atoms with Crippen molar-refractivity contribution >= 4 is 5.91 Å². The molecule has 2 aromatic carbocycles. The fourth-order valence-electron chi connectivity index (χ4n) is 3.68. The maximum absolute atomic E-state index is 12.8. The van der Waals surface area contributed by atoms with Gasteiger partial charge in [-0.2, -0.15) is 4.98 Å². The third-order valence-electron chi connectivity index (χ3n) is 5.51. The summed E-state index contributed by atoms with van der Waals surface area (Å²) >= 11 is 0. The highest BCUT2D eigenvalue weighted by molar-refractivity contribution is 5.94. The molecule has 1 amide bonds. The van der Waals surface area contributed by atoms with Gasteiger partial charge in [-0.25, -0.2) is 0 Å². The lowest BCUT2D eigenvalue weighted by Gasteiger charge is -2.30. The lowest BCUT2D eigenvalue weighted by Crippen LogP contribution is -2.38. The minimum Gasteiger partial charge on any atom is -0.497 e. The Balaban J connectivity index is 1.39. The second-order valence-electron chi connectivity index (χ2n) is 7.31. The third kappa shape index (κ3) is 4.16. The first-order valence-electron chi connectivity index (χ1n) is 10.0. The molecule has 1 aliphatic heterocycles. The summed E-state index contributed by atoms with van der Waals surface area (Å²) in [6.45, 7) is 3.49. The molecule has 1 aromatic heterocycles. The average molecular weight is 391 g/mol. The van der Waals surface area contributed by atoms with Gasteiger partial charge in [0.15, 0.2) is 0 Å². The van der Waals surface area contributed by atoms with Crippen molar-refractivity contribution in [2.24, 2.45) is 0 Å². The van der Waals surface area contributed by atoms with Gasteiger partial charge >= 0.3 is 0 Å². The first-order valence-corrected chi connectivity index (χ1v) is 10.0. The Kier molecular flexibility index (Phi) is 5.60. The molecule has 3 aromatic rings. The SMILES string of the molecule is CCc1ccc(C(=O)N2CCC(c3nc(-c4cccc(OC)c4)no3)CC2)cc1. The van der Waals surface area contributed by atoms with Crippen LogP contribution in [0.25, 0.3) is 11.4 Å². The number of methoxy groups -OCH3 is 1. The molecule has 0 bridgehead atoms. The molecule has 0 atom stereocenters. The molecule has 6 nitrogen and oxygen atoms in total. The smallest absolute Gasteiger partial charge is 0.253 e. The van der Waals surface area contributed by atoms with Gasteiger partial charge in [-0.15, -0.1) is 0 Å². The molecule has 150 valence electrons. The van der Waals surface area contributed by atoms with Crippen LogP contribution in [0.15, 0.2) is 53.1 Å². The fourth-order valence-corrected chi connectivity index (χ4v) is 3.68. The predicted molar refractivity (Wildman–Crippen MR) is 110 cm³/mol. The summed E-state index contributed by atoms with van der Waals surface area (Å²) in [5.41, 5.74) is 2.85. The zero-order valence-electron chi connectivity index (χ0n) is 16.8. The van der Waals surface area contributed by atoms with Crippen LogP contribution in [0.2, 0.25) is 0 Å². The molecule has 0 aliphatic carbocycles. The number of amides is 1. The molecule has 0 radical (unpaired) electrons. The zero-order chi connectivity index (χ0) is 20.2. The predicted octanol–water partition coefficient (Wildman–Crippen LogP) is 4.33. The molecule has 1 aliphatic rings. The fraction of sp³-hybridized carbons (Fsp3) is 0.348. The Hall–Kier alpha value is -3.15.